The average Bonchev–Trinajstić information content (AvgIpc) is 2.71. The number of esters is 1. The maximum Gasteiger partial charge on any atom is 0.349 e. The first-order valence-corrected chi connectivity index (χ1v) is 9.75. The molecule has 0 atom stereocenters. The fourth-order valence-electron chi connectivity index (χ4n) is 2.76. The van der Waals surface area contributed by atoms with Gasteiger partial charge in [0.05, 0.1) is 7.11 Å². The number of benzene rings is 2. The van der Waals surface area contributed by atoms with Gasteiger partial charge in [0.25, 0.3) is 5.91 Å². The summed E-state index contributed by atoms with van der Waals surface area (Å²) in [4.78, 5) is 24.3. The lowest BCUT2D eigenvalue weighted by atomic mass is 10.1. The standard InChI is InChI=1S/C24H26N2O5/c1-15(2)26-24(28)19(13-25)11-18-7-9-21(22(12-18)29-5)31-23(27)14-30-20-8-6-16(3)10-17(20)4/h6-12,15H,14H2,1-5H3,(H,26,28)/b19-11+. The first-order valence-electron chi connectivity index (χ1n) is 9.75. The number of aryl methyl sites for hydroxylation is 2. The van der Waals surface area contributed by atoms with Crippen molar-refractivity contribution >= 4 is 18.0 Å². The van der Waals surface area contributed by atoms with Gasteiger partial charge in [0.1, 0.15) is 17.4 Å². The van der Waals surface area contributed by atoms with Crippen molar-refractivity contribution in [1.29, 1.82) is 5.26 Å². The number of nitrogens with one attached hydrogen (secondary N) is 1. The Morgan fingerprint density at radius 2 is 1.81 bits per heavy atom. The number of amides is 1. The number of hydrogen-bond donors (Lipinski definition) is 1. The topological polar surface area (TPSA) is 97.6 Å². The zero-order valence-electron chi connectivity index (χ0n) is 18.3. The third-order valence-corrected chi connectivity index (χ3v) is 4.18. The van der Waals surface area contributed by atoms with Crippen molar-refractivity contribution in [3.05, 3.63) is 58.7 Å². The molecular formula is C24H26N2O5. The van der Waals surface area contributed by atoms with Crippen molar-refractivity contribution in [1.82, 2.24) is 5.32 Å². The lowest BCUT2D eigenvalue weighted by molar-refractivity contribution is -0.136. The van der Waals surface area contributed by atoms with Crippen molar-refractivity contribution < 1.29 is 23.8 Å². The molecule has 0 radical (unpaired) electrons. The Bertz CT molecular complexity index is 1030. The molecule has 0 unspecified atom stereocenters. The Morgan fingerprint density at radius 1 is 1.10 bits per heavy atom. The van der Waals surface area contributed by atoms with Crippen molar-refractivity contribution in [3.63, 3.8) is 0 Å². The molecule has 0 saturated heterocycles. The number of nitriles is 1. The highest BCUT2D eigenvalue weighted by molar-refractivity contribution is 6.01. The van der Waals surface area contributed by atoms with Gasteiger partial charge in [0, 0.05) is 6.04 Å². The van der Waals surface area contributed by atoms with Crippen LogP contribution in [0.15, 0.2) is 42.0 Å². The summed E-state index contributed by atoms with van der Waals surface area (Å²) in [5.41, 5.74) is 2.55. The second-order valence-electron chi connectivity index (χ2n) is 7.24. The molecule has 0 aliphatic rings. The predicted molar refractivity (Wildman–Crippen MR) is 117 cm³/mol. The minimum absolute atomic E-state index is 0.0395. The van der Waals surface area contributed by atoms with E-state index in [4.69, 9.17) is 14.2 Å². The lowest BCUT2D eigenvalue weighted by Crippen LogP contribution is -2.30. The Labute approximate surface area is 182 Å². The molecule has 2 rings (SSSR count). The van der Waals surface area contributed by atoms with Gasteiger partial charge in [0.15, 0.2) is 18.1 Å². The monoisotopic (exact) mass is 422 g/mol. The van der Waals surface area contributed by atoms with Gasteiger partial charge in [0.2, 0.25) is 0 Å². The third-order valence-electron chi connectivity index (χ3n) is 4.18. The molecule has 0 aromatic heterocycles. The van der Waals surface area contributed by atoms with Gasteiger partial charge < -0.3 is 19.5 Å². The molecule has 0 saturated carbocycles. The number of rotatable bonds is 8. The number of ether oxygens (including phenoxy) is 3. The van der Waals surface area contributed by atoms with E-state index in [0.29, 0.717) is 11.3 Å². The zero-order valence-corrected chi connectivity index (χ0v) is 18.3. The number of hydrogen-bond acceptors (Lipinski definition) is 6. The van der Waals surface area contributed by atoms with Crippen LogP contribution >= 0.6 is 0 Å². The fraction of sp³-hybridized carbons (Fsp3) is 0.292. The SMILES string of the molecule is COc1cc(/C=C(\C#N)C(=O)NC(C)C)ccc1OC(=O)COc1ccc(C)cc1C. The summed E-state index contributed by atoms with van der Waals surface area (Å²) >= 11 is 0. The van der Waals surface area contributed by atoms with E-state index in [-0.39, 0.29) is 29.7 Å². The molecule has 7 heteroatoms. The molecule has 0 heterocycles. The van der Waals surface area contributed by atoms with Gasteiger partial charge in [-0.25, -0.2) is 4.79 Å². The van der Waals surface area contributed by atoms with Gasteiger partial charge in [-0.15, -0.1) is 0 Å². The first-order chi connectivity index (χ1) is 14.7. The molecule has 2 aromatic carbocycles. The molecule has 1 amide bonds. The zero-order chi connectivity index (χ0) is 23.0. The fourth-order valence-corrected chi connectivity index (χ4v) is 2.76. The Hall–Kier alpha value is -3.79. The van der Waals surface area contributed by atoms with E-state index >= 15 is 0 Å². The van der Waals surface area contributed by atoms with E-state index in [9.17, 15) is 14.9 Å². The second-order valence-corrected chi connectivity index (χ2v) is 7.24. The average molecular weight is 422 g/mol. The molecule has 0 bridgehead atoms. The number of carbonyl (C=O) groups is 2. The molecule has 162 valence electrons. The molecule has 0 aliphatic heterocycles. The summed E-state index contributed by atoms with van der Waals surface area (Å²) in [7, 11) is 1.43. The van der Waals surface area contributed by atoms with Crippen molar-refractivity contribution in [2.45, 2.75) is 33.7 Å². The van der Waals surface area contributed by atoms with E-state index in [0.717, 1.165) is 11.1 Å². The van der Waals surface area contributed by atoms with E-state index in [1.807, 2.05) is 52.0 Å². The highest BCUT2D eigenvalue weighted by Crippen LogP contribution is 2.29. The largest absolute Gasteiger partial charge is 0.493 e. The van der Waals surface area contributed by atoms with Gasteiger partial charge in [-0.1, -0.05) is 23.8 Å². The summed E-state index contributed by atoms with van der Waals surface area (Å²) < 4.78 is 16.2. The van der Waals surface area contributed by atoms with Crippen molar-refractivity contribution in [2.24, 2.45) is 0 Å². The normalized spacial score (nSPS) is 10.9. The van der Waals surface area contributed by atoms with Crippen LogP contribution < -0.4 is 19.5 Å². The highest BCUT2D eigenvalue weighted by Gasteiger charge is 2.14. The van der Waals surface area contributed by atoms with E-state index in [1.54, 1.807) is 12.1 Å². The Morgan fingerprint density at radius 3 is 2.42 bits per heavy atom. The Balaban J connectivity index is 2.10. The molecule has 31 heavy (non-hydrogen) atoms. The number of methoxy groups -OCH3 is 1. The van der Waals surface area contributed by atoms with Crippen molar-refractivity contribution in [3.8, 4) is 23.3 Å². The predicted octanol–water partition coefficient (Wildman–Crippen LogP) is 3.73. The molecule has 0 spiro atoms. The minimum atomic E-state index is -0.587. The lowest BCUT2D eigenvalue weighted by Gasteiger charge is -2.12. The summed E-state index contributed by atoms with van der Waals surface area (Å²) in [6, 6.07) is 12.2. The summed E-state index contributed by atoms with van der Waals surface area (Å²) in [6.07, 6.45) is 1.44. The van der Waals surface area contributed by atoms with Gasteiger partial charge in [-0.3, -0.25) is 4.79 Å². The first kappa shape index (κ1) is 23.5. The van der Waals surface area contributed by atoms with E-state index < -0.39 is 11.9 Å². The molecule has 7 nitrogen and oxygen atoms in total. The smallest absolute Gasteiger partial charge is 0.349 e. The molecule has 0 aliphatic carbocycles. The van der Waals surface area contributed by atoms with Crippen LogP contribution in [0.2, 0.25) is 0 Å². The van der Waals surface area contributed by atoms with Crippen LogP contribution in [0.1, 0.15) is 30.5 Å². The van der Waals surface area contributed by atoms with Gasteiger partial charge in [-0.2, -0.15) is 5.26 Å². The van der Waals surface area contributed by atoms with Crippen LogP contribution in [0.3, 0.4) is 0 Å². The van der Waals surface area contributed by atoms with Crippen molar-refractivity contribution in [2.75, 3.05) is 13.7 Å². The van der Waals surface area contributed by atoms with Crippen LogP contribution in [0.25, 0.3) is 6.08 Å². The quantitative estimate of drug-likeness (QED) is 0.301. The van der Waals surface area contributed by atoms with Crippen LogP contribution in [0, 0.1) is 25.2 Å². The van der Waals surface area contributed by atoms with E-state index in [2.05, 4.69) is 5.32 Å². The van der Waals surface area contributed by atoms with Crippen LogP contribution in [0.4, 0.5) is 0 Å². The number of carbonyl (C=O) groups excluding carboxylic acids is 2. The molecule has 1 N–H and O–H groups in total. The highest BCUT2D eigenvalue weighted by atomic mass is 16.6. The van der Waals surface area contributed by atoms with Crippen LogP contribution in [-0.4, -0.2) is 31.6 Å². The van der Waals surface area contributed by atoms with Gasteiger partial charge in [-0.05, 0) is 63.1 Å². The Kier molecular flexibility index (Phi) is 8.21. The molecule has 2 aromatic rings. The van der Waals surface area contributed by atoms with Gasteiger partial charge >= 0.3 is 5.97 Å². The summed E-state index contributed by atoms with van der Waals surface area (Å²) in [6.45, 7) is 7.24. The third kappa shape index (κ3) is 6.89. The summed E-state index contributed by atoms with van der Waals surface area (Å²) in [5.74, 6) is 0.0546. The maximum atomic E-state index is 12.2. The van der Waals surface area contributed by atoms with Crippen LogP contribution in [-0.2, 0) is 9.59 Å². The maximum absolute atomic E-state index is 12.2. The van der Waals surface area contributed by atoms with Crippen LogP contribution in [0.5, 0.6) is 17.2 Å². The minimum Gasteiger partial charge on any atom is -0.493 e. The summed E-state index contributed by atoms with van der Waals surface area (Å²) in [5, 5.41) is 11.9. The molecule has 0 fully saturated rings. The molecular weight excluding hydrogens is 396 g/mol. The van der Waals surface area contributed by atoms with E-state index in [1.165, 1.54) is 19.3 Å². The second kappa shape index (κ2) is 10.8. The number of nitrogens with zero attached hydrogens (tertiary/aromatic N) is 1.